The summed E-state index contributed by atoms with van der Waals surface area (Å²) < 4.78 is 5.44. The highest BCUT2D eigenvalue weighted by Gasteiger charge is 2.49. The van der Waals surface area contributed by atoms with Crippen LogP contribution < -0.4 is 10.1 Å². The molecular weight excluding hydrogens is 308 g/mol. The third kappa shape index (κ3) is 3.00. The average molecular weight is 332 g/mol. The first-order chi connectivity index (χ1) is 11.3. The van der Waals surface area contributed by atoms with Gasteiger partial charge in [0.2, 0.25) is 0 Å². The molecule has 1 saturated heterocycles. The summed E-state index contributed by atoms with van der Waals surface area (Å²) in [6.45, 7) is 8.94. The van der Waals surface area contributed by atoms with Crippen LogP contribution in [0.15, 0.2) is 12.1 Å². The number of imide groups is 1. The highest BCUT2D eigenvalue weighted by atomic mass is 16.5. The number of ether oxygens (including phenoxy) is 1. The molecule has 6 nitrogen and oxygen atoms in total. The molecule has 3 amide bonds. The van der Waals surface area contributed by atoms with Crippen LogP contribution in [0.4, 0.5) is 4.79 Å². The van der Waals surface area contributed by atoms with Crippen LogP contribution >= 0.6 is 0 Å². The van der Waals surface area contributed by atoms with Crippen LogP contribution in [0.1, 0.15) is 43.4 Å². The third-order valence-electron chi connectivity index (χ3n) is 4.83. The Morgan fingerprint density at radius 3 is 2.25 bits per heavy atom. The largest absolute Gasteiger partial charge is 0.425 e. The lowest BCUT2D eigenvalue weighted by Gasteiger charge is -2.23. The molecule has 24 heavy (non-hydrogen) atoms. The van der Waals surface area contributed by atoms with Gasteiger partial charge in [0.25, 0.3) is 5.91 Å². The molecule has 130 valence electrons. The van der Waals surface area contributed by atoms with Crippen molar-refractivity contribution in [1.29, 1.82) is 0 Å². The Labute approximate surface area is 142 Å². The van der Waals surface area contributed by atoms with Gasteiger partial charge in [0.1, 0.15) is 17.8 Å². The molecule has 1 heterocycles. The first-order valence-corrected chi connectivity index (χ1v) is 8.17. The second kappa shape index (κ2) is 6.63. The molecule has 1 aromatic carbocycles. The Bertz CT molecular complexity index is 693. The molecule has 0 bridgehead atoms. The van der Waals surface area contributed by atoms with Crippen LogP contribution in [0.3, 0.4) is 0 Å². The van der Waals surface area contributed by atoms with Gasteiger partial charge in [0.15, 0.2) is 0 Å². The minimum atomic E-state index is -0.910. The lowest BCUT2D eigenvalue weighted by atomic mass is 9.93. The summed E-state index contributed by atoms with van der Waals surface area (Å²) in [5.74, 6) is -0.505. The molecule has 0 radical (unpaired) electrons. The van der Waals surface area contributed by atoms with Crippen LogP contribution in [0.2, 0.25) is 0 Å². The van der Waals surface area contributed by atoms with E-state index in [9.17, 15) is 14.4 Å². The number of esters is 1. The molecule has 0 spiro atoms. The number of aryl methyl sites for hydroxylation is 2. The molecule has 1 fully saturated rings. The summed E-state index contributed by atoms with van der Waals surface area (Å²) >= 11 is 0. The third-order valence-corrected chi connectivity index (χ3v) is 4.83. The van der Waals surface area contributed by atoms with Crippen molar-refractivity contribution in [2.24, 2.45) is 0 Å². The van der Waals surface area contributed by atoms with Crippen molar-refractivity contribution in [2.45, 2.75) is 53.0 Å². The fraction of sp³-hybridized carbons (Fsp3) is 0.500. The Balaban J connectivity index is 2.15. The number of amides is 3. The molecule has 0 unspecified atom stereocenters. The Kier molecular flexibility index (Phi) is 4.96. The number of hydrogen-bond donors (Lipinski definition) is 1. The van der Waals surface area contributed by atoms with E-state index in [0.29, 0.717) is 18.6 Å². The highest BCUT2D eigenvalue weighted by Crippen LogP contribution is 2.27. The Hall–Kier alpha value is -2.37. The number of carbonyl (C=O) groups is 3. The van der Waals surface area contributed by atoms with Crippen LogP contribution in [-0.2, 0) is 9.59 Å². The van der Waals surface area contributed by atoms with Crippen molar-refractivity contribution in [1.82, 2.24) is 10.2 Å². The molecule has 0 saturated carbocycles. The van der Waals surface area contributed by atoms with Crippen LogP contribution in [0.25, 0.3) is 0 Å². The molecule has 0 atom stereocenters. The number of hydrogen-bond acceptors (Lipinski definition) is 4. The van der Waals surface area contributed by atoms with E-state index >= 15 is 0 Å². The zero-order valence-electron chi connectivity index (χ0n) is 14.9. The minimum absolute atomic E-state index is 0.368. The summed E-state index contributed by atoms with van der Waals surface area (Å²) in [6, 6.07) is 3.28. The molecule has 1 aliphatic heterocycles. The van der Waals surface area contributed by atoms with Crippen molar-refractivity contribution in [3.8, 4) is 5.75 Å². The zero-order chi connectivity index (χ0) is 18.1. The molecule has 0 aliphatic carbocycles. The number of rotatable bonds is 5. The SMILES string of the molecule is CCC1(CC)NC(=O)N(CC(=O)Oc2c(C)ccc(C)c2C)C1=O. The van der Waals surface area contributed by atoms with Gasteiger partial charge >= 0.3 is 12.0 Å². The summed E-state index contributed by atoms with van der Waals surface area (Å²) in [4.78, 5) is 37.8. The molecule has 1 aromatic rings. The van der Waals surface area contributed by atoms with Gasteiger partial charge in [-0.15, -0.1) is 0 Å². The number of benzene rings is 1. The van der Waals surface area contributed by atoms with Gasteiger partial charge in [-0.05, 0) is 50.3 Å². The van der Waals surface area contributed by atoms with E-state index in [0.717, 1.165) is 21.6 Å². The van der Waals surface area contributed by atoms with Crippen molar-refractivity contribution in [2.75, 3.05) is 6.54 Å². The summed E-state index contributed by atoms with van der Waals surface area (Å²) in [5.41, 5.74) is 1.80. The fourth-order valence-corrected chi connectivity index (χ4v) is 2.91. The summed E-state index contributed by atoms with van der Waals surface area (Å²) in [6.07, 6.45) is 0.964. The van der Waals surface area contributed by atoms with E-state index in [1.165, 1.54) is 0 Å². The minimum Gasteiger partial charge on any atom is -0.425 e. The highest BCUT2D eigenvalue weighted by molar-refractivity contribution is 6.08. The molecule has 6 heteroatoms. The zero-order valence-corrected chi connectivity index (χ0v) is 14.9. The molecule has 1 aliphatic rings. The number of carbonyl (C=O) groups excluding carboxylic acids is 3. The van der Waals surface area contributed by atoms with Gasteiger partial charge in [-0.3, -0.25) is 9.69 Å². The summed E-state index contributed by atoms with van der Waals surface area (Å²) in [7, 11) is 0. The van der Waals surface area contributed by atoms with Crippen molar-refractivity contribution in [3.63, 3.8) is 0 Å². The van der Waals surface area contributed by atoms with Crippen LogP contribution in [-0.4, -0.2) is 34.9 Å². The molecular formula is C18H24N2O4. The lowest BCUT2D eigenvalue weighted by molar-refractivity contribution is -0.141. The van der Waals surface area contributed by atoms with Gasteiger partial charge in [0, 0.05) is 0 Å². The summed E-state index contributed by atoms with van der Waals surface area (Å²) in [5, 5.41) is 2.70. The number of nitrogens with zero attached hydrogens (tertiary/aromatic N) is 1. The average Bonchev–Trinajstić information content (AvgIpc) is 2.80. The van der Waals surface area contributed by atoms with Gasteiger partial charge in [-0.25, -0.2) is 9.59 Å². The first-order valence-electron chi connectivity index (χ1n) is 8.17. The second-order valence-electron chi connectivity index (χ2n) is 6.24. The normalized spacial score (nSPS) is 16.3. The molecule has 1 N–H and O–H groups in total. The predicted octanol–water partition coefficient (Wildman–Crippen LogP) is 2.63. The maximum atomic E-state index is 12.5. The van der Waals surface area contributed by atoms with Gasteiger partial charge in [0.05, 0.1) is 0 Å². The standard InChI is InChI=1S/C18H24N2O4/c1-6-18(7-2)16(22)20(17(23)19-18)10-14(21)24-15-12(4)9-8-11(3)13(15)5/h8-9H,6-7,10H2,1-5H3,(H,19,23). The number of nitrogens with one attached hydrogen (secondary N) is 1. The first kappa shape index (κ1) is 18.0. The smallest absolute Gasteiger partial charge is 0.331 e. The van der Waals surface area contributed by atoms with Crippen molar-refractivity contribution < 1.29 is 19.1 Å². The lowest BCUT2D eigenvalue weighted by Crippen LogP contribution is -2.46. The van der Waals surface area contributed by atoms with E-state index in [4.69, 9.17) is 4.74 Å². The second-order valence-corrected chi connectivity index (χ2v) is 6.24. The maximum Gasteiger partial charge on any atom is 0.331 e. The van der Waals surface area contributed by atoms with Gasteiger partial charge < -0.3 is 10.1 Å². The Morgan fingerprint density at radius 2 is 1.71 bits per heavy atom. The Morgan fingerprint density at radius 1 is 1.12 bits per heavy atom. The van der Waals surface area contributed by atoms with E-state index in [-0.39, 0.29) is 12.5 Å². The topological polar surface area (TPSA) is 75.7 Å². The van der Waals surface area contributed by atoms with E-state index in [2.05, 4.69) is 5.32 Å². The van der Waals surface area contributed by atoms with Gasteiger partial charge in [-0.1, -0.05) is 26.0 Å². The fourth-order valence-electron chi connectivity index (χ4n) is 2.91. The number of urea groups is 1. The van der Waals surface area contributed by atoms with E-state index < -0.39 is 17.5 Å². The van der Waals surface area contributed by atoms with Crippen molar-refractivity contribution >= 4 is 17.9 Å². The monoisotopic (exact) mass is 332 g/mol. The maximum absolute atomic E-state index is 12.5. The van der Waals surface area contributed by atoms with Crippen LogP contribution in [0.5, 0.6) is 5.75 Å². The van der Waals surface area contributed by atoms with Crippen molar-refractivity contribution in [3.05, 3.63) is 28.8 Å². The van der Waals surface area contributed by atoms with Gasteiger partial charge in [-0.2, -0.15) is 0 Å². The molecule has 0 aromatic heterocycles. The van der Waals surface area contributed by atoms with E-state index in [1.54, 1.807) is 0 Å². The van der Waals surface area contributed by atoms with Crippen LogP contribution in [0, 0.1) is 20.8 Å². The molecule has 2 rings (SSSR count). The predicted molar refractivity (Wildman–Crippen MR) is 89.8 cm³/mol. The van der Waals surface area contributed by atoms with E-state index in [1.807, 2.05) is 46.8 Å². The quantitative estimate of drug-likeness (QED) is 0.511.